The molecule has 0 saturated carbocycles. The Labute approximate surface area is 169 Å². The molecule has 0 aliphatic rings. The topological polar surface area (TPSA) is 92.3 Å². The molecule has 0 aliphatic carbocycles. The highest BCUT2D eigenvalue weighted by Crippen LogP contribution is 2.22. The zero-order valence-corrected chi connectivity index (χ0v) is 16.8. The van der Waals surface area contributed by atoms with Crippen LogP contribution in [0.3, 0.4) is 0 Å². The van der Waals surface area contributed by atoms with E-state index in [9.17, 15) is 18.0 Å². The van der Waals surface area contributed by atoms with Crippen LogP contribution < -0.4 is 10.0 Å². The molecule has 0 unspecified atom stereocenters. The molecular weight excluding hydrogens is 388 g/mol. The maximum Gasteiger partial charge on any atom is 0.262 e. The SMILES string of the molecule is CC(=O)c1cccc(NC(=O)c2ccc(C)c(S(=O)(=O)Nc3ccccc3)c2)c1. The Morgan fingerprint density at radius 2 is 1.48 bits per heavy atom. The third-order valence-corrected chi connectivity index (χ3v) is 5.82. The summed E-state index contributed by atoms with van der Waals surface area (Å²) >= 11 is 0. The first kappa shape index (κ1) is 20.3. The minimum Gasteiger partial charge on any atom is -0.322 e. The van der Waals surface area contributed by atoms with Crippen LogP contribution in [0.2, 0.25) is 0 Å². The predicted molar refractivity (Wildman–Crippen MR) is 113 cm³/mol. The molecule has 0 bridgehead atoms. The summed E-state index contributed by atoms with van der Waals surface area (Å²) in [4.78, 5) is 24.2. The van der Waals surface area contributed by atoms with Crippen molar-refractivity contribution in [3.8, 4) is 0 Å². The zero-order chi connectivity index (χ0) is 21.0. The number of para-hydroxylation sites is 1. The van der Waals surface area contributed by atoms with E-state index in [4.69, 9.17) is 0 Å². The Morgan fingerprint density at radius 3 is 2.17 bits per heavy atom. The van der Waals surface area contributed by atoms with Gasteiger partial charge in [0, 0.05) is 22.5 Å². The van der Waals surface area contributed by atoms with Gasteiger partial charge >= 0.3 is 0 Å². The van der Waals surface area contributed by atoms with Crippen LogP contribution in [0, 0.1) is 6.92 Å². The van der Waals surface area contributed by atoms with Crippen molar-refractivity contribution in [1.82, 2.24) is 0 Å². The number of carbonyl (C=O) groups excluding carboxylic acids is 2. The molecule has 6 nitrogen and oxygen atoms in total. The summed E-state index contributed by atoms with van der Waals surface area (Å²) in [7, 11) is -3.87. The highest BCUT2D eigenvalue weighted by Gasteiger charge is 2.19. The second kappa shape index (κ2) is 8.28. The normalized spacial score (nSPS) is 11.0. The van der Waals surface area contributed by atoms with Gasteiger partial charge in [-0.3, -0.25) is 14.3 Å². The van der Waals surface area contributed by atoms with Crippen molar-refractivity contribution in [3.05, 3.63) is 89.5 Å². The third kappa shape index (κ3) is 4.89. The van der Waals surface area contributed by atoms with Crippen molar-refractivity contribution >= 4 is 33.1 Å². The summed E-state index contributed by atoms with van der Waals surface area (Å²) in [5, 5.41) is 2.69. The first-order valence-corrected chi connectivity index (χ1v) is 10.4. The highest BCUT2D eigenvalue weighted by atomic mass is 32.2. The Balaban J connectivity index is 1.87. The molecule has 0 saturated heterocycles. The summed E-state index contributed by atoms with van der Waals surface area (Å²) in [6.45, 7) is 3.11. The maximum absolute atomic E-state index is 12.8. The second-order valence-corrected chi connectivity index (χ2v) is 8.19. The third-order valence-electron chi connectivity index (χ3n) is 4.29. The van der Waals surface area contributed by atoms with Gasteiger partial charge in [-0.15, -0.1) is 0 Å². The van der Waals surface area contributed by atoms with E-state index < -0.39 is 15.9 Å². The van der Waals surface area contributed by atoms with Gasteiger partial charge in [0.15, 0.2) is 5.78 Å². The molecule has 3 aromatic carbocycles. The minimum absolute atomic E-state index is 0.0199. The summed E-state index contributed by atoms with van der Waals surface area (Å²) in [5.74, 6) is -0.585. The lowest BCUT2D eigenvalue weighted by molar-refractivity contribution is 0.101. The molecule has 0 heterocycles. The number of hydrogen-bond donors (Lipinski definition) is 2. The number of hydrogen-bond acceptors (Lipinski definition) is 4. The molecule has 3 rings (SSSR count). The van der Waals surface area contributed by atoms with E-state index in [1.54, 1.807) is 73.7 Å². The number of carbonyl (C=O) groups is 2. The van der Waals surface area contributed by atoms with Gasteiger partial charge in [0.2, 0.25) is 0 Å². The maximum atomic E-state index is 12.8. The van der Waals surface area contributed by atoms with Crippen LogP contribution >= 0.6 is 0 Å². The van der Waals surface area contributed by atoms with E-state index in [-0.39, 0.29) is 16.2 Å². The first-order chi connectivity index (χ1) is 13.8. The molecular formula is C22H20N2O4S. The van der Waals surface area contributed by atoms with E-state index >= 15 is 0 Å². The Kier molecular flexibility index (Phi) is 5.79. The van der Waals surface area contributed by atoms with Crippen molar-refractivity contribution in [2.24, 2.45) is 0 Å². The van der Waals surface area contributed by atoms with Crippen LogP contribution in [0.5, 0.6) is 0 Å². The molecule has 148 valence electrons. The number of nitrogens with one attached hydrogen (secondary N) is 2. The largest absolute Gasteiger partial charge is 0.322 e. The van der Waals surface area contributed by atoms with Gasteiger partial charge in [0.25, 0.3) is 15.9 Å². The van der Waals surface area contributed by atoms with Crippen LogP contribution in [0.25, 0.3) is 0 Å². The number of benzene rings is 3. The Bertz CT molecular complexity index is 1170. The number of rotatable bonds is 6. The van der Waals surface area contributed by atoms with E-state index in [0.29, 0.717) is 22.5 Å². The molecule has 0 fully saturated rings. The fourth-order valence-corrected chi connectivity index (χ4v) is 4.10. The van der Waals surface area contributed by atoms with Gasteiger partial charge in [-0.1, -0.05) is 36.4 Å². The van der Waals surface area contributed by atoms with Crippen LogP contribution in [-0.4, -0.2) is 20.1 Å². The van der Waals surface area contributed by atoms with Crippen molar-refractivity contribution in [3.63, 3.8) is 0 Å². The van der Waals surface area contributed by atoms with Crippen molar-refractivity contribution in [2.45, 2.75) is 18.7 Å². The number of anilines is 2. The molecule has 0 aromatic heterocycles. The van der Waals surface area contributed by atoms with Crippen LogP contribution in [0.4, 0.5) is 11.4 Å². The first-order valence-electron chi connectivity index (χ1n) is 8.87. The standard InChI is InChI=1S/C22H20N2O4S/c1-15-11-12-18(22(26)23-20-10-6-7-17(13-20)16(2)25)14-21(15)29(27,28)24-19-8-4-3-5-9-19/h3-14,24H,1-2H3,(H,23,26). The fourth-order valence-electron chi connectivity index (χ4n) is 2.77. The van der Waals surface area contributed by atoms with Gasteiger partial charge in [-0.2, -0.15) is 0 Å². The number of amides is 1. The van der Waals surface area contributed by atoms with E-state index in [1.807, 2.05) is 0 Å². The number of sulfonamides is 1. The van der Waals surface area contributed by atoms with Crippen LogP contribution in [0.1, 0.15) is 33.2 Å². The molecule has 29 heavy (non-hydrogen) atoms. The van der Waals surface area contributed by atoms with Gasteiger partial charge in [0.1, 0.15) is 0 Å². The van der Waals surface area contributed by atoms with Crippen molar-refractivity contribution in [2.75, 3.05) is 10.0 Å². The van der Waals surface area contributed by atoms with Gasteiger partial charge in [-0.25, -0.2) is 8.42 Å². The van der Waals surface area contributed by atoms with Crippen LogP contribution in [0.15, 0.2) is 77.7 Å². The quantitative estimate of drug-likeness (QED) is 0.597. The number of Topliss-reactive ketones (excluding diaryl/α,β-unsaturated/α-hetero) is 1. The minimum atomic E-state index is -3.87. The van der Waals surface area contributed by atoms with E-state index in [2.05, 4.69) is 10.0 Å². The zero-order valence-electron chi connectivity index (χ0n) is 16.0. The lowest BCUT2D eigenvalue weighted by Crippen LogP contribution is -2.17. The van der Waals surface area contributed by atoms with E-state index in [0.717, 1.165) is 0 Å². The number of aryl methyl sites for hydroxylation is 1. The summed E-state index contributed by atoms with van der Waals surface area (Å²) in [5.41, 5.74) is 2.07. The fraction of sp³-hybridized carbons (Fsp3) is 0.0909. The molecule has 7 heteroatoms. The molecule has 1 amide bonds. The smallest absolute Gasteiger partial charge is 0.262 e. The van der Waals surface area contributed by atoms with Crippen LogP contribution in [-0.2, 0) is 10.0 Å². The molecule has 0 radical (unpaired) electrons. The lowest BCUT2D eigenvalue weighted by atomic mass is 10.1. The van der Waals surface area contributed by atoms with Gasteiger partial charge in [0.05, 0.1) is 4.90 Å². The van der Waals surface area contributed by atoms with Gasteiger partial charge < -0.3 is 5.32 Å². The highest BCUT2D eigenvalue weighted by molar-refractivity contribution is 7.92. The predicted octanol–water partition coefficient (Wildman–Crippen LogP) is 4.25. The average Bonchev–Trinajstić information content (AvgIpc) is 2.68. The molecule has 2 N–H and O–H groups in total. The Morgan fingerprint density at radius 1 is 0.793 bits per heavy atom. The van der Waals surface area contributed by atoms with E-state index in [1.165, 1.54) is 13.0 Å². The Hall–Kier alpha value is -3.45. The summed E-state index contributed by atoms with van der Waals surface area (Å²) in [6.07, 6.45) is 0. The monoisotopic (exact) mass is 408 g/mol. The summed E-state index contributed by atoms with van der Waals surface area (Å²) in [6, 6.07) is 19.6. The molecule has 0 aliphatic heterocycles. The van der Waals surface area contributed by atoms with Crippen molar-refractivity contribution in [1.29, 1.82) is 0 Å². The van der Waals surface area contributed by atoms with Gasteiger partial charge in [-0.05, 0) is 55.8 Å². The average molecular weight is 408 g/mol. The molecule has 3 aromatic rings. The number of ketones is 1. The lowest BCUT2D eigenvalue weighted by Gasteiger charge is -2.12. The summed E-state index contributed by atoms with van der Waals surface area (Å²) < 4.78 is 28.1. The van der Waals surface area contributed by atoms with Crippen molar-refractivity contribution < 1.29 is 18.0 Å². The second-order valence-electron chi connectivity index (χ2n) is 6.54. The molecule has 0 atom stereocenters. The molecule has 0 spiro atoms.